The Hall–Kier alpha value is -1.99. The summed E-state index contributed by atoms with van der Waals surface area (Å²) in [4.78, 5) is 14.2. The molecule has 0 atom stereocenters. The number of benzene rings is 1. The first-order valence-corrected chi connectivity index (χ1v) is 6.65. The topological polar surface area (TPSA) is 56.2 Å². The summed E-state index contributed by atoms with van der Waals surface area (Å²) in [7, 11) is 3.00. The van der Waals surface area contributed by atoms with Crippen LogP contribution >= 0.6 is 12.2 Å². The van der Waals surface area contributed by atoms with Crippen molar-refractivity contribution in [3.05, 3.63) is 45.2 Å². The molecule has 0 spiro atoms. The van der Waals surface area contributed by atoms with Crippen molar-refractivity contribution in [1.29, 1.82) is 0 Å². The van der Waals surface area contributed by atoms with Crippen LogP contribution in [0.25, 0.3) is 11.3 Å². The lowest BCUT2D eigenvalue weighted by molar-refractivity contribution is 0.186. The average molecular weight is 310 g/mol. The van der Waals surface area contributed by atoms with Crippen molar-refractivity contribution in [3.8, 4) is 17.0 Å². The van der Waals surface area contributed by atoms with E-state index in [2.05, 4.69) is 4.98 Å². The van der Waals surface area contributed by atoms with Crippen LogP contribution < -0.4 is 10.3 Å². The minimum atomic E-state index is -0.486. The van der Waals surface area contributed by atoms with Crippen molar-refractivity contribution in [1.82, 2.24) is 9.55 Å². The van der Waals surface area contributed by atoms with Gasteiger partial charge < -0.3 is 14.0 Å². The lowest BCUT2D eigenvalue weighted by atomic mass is 10.1. The maximum Gasteiger partial charge on any atom is 0.252 e. The number of aromatic amines is 1. The Morgan fingerprint density at radius 2 is 2.14 bits per heavy atom. The second-order valence-electron chi connectivity index (χ2n) is 4.29. The predicted octanol–water partition coefficient (Wildman–Crippen LogP) is 2.37. The van der Waals surface area contributed by atoms with E-state index in [4.69, 9.17) is 21.7 Å². The van der Waals surface area contributed by atoms with Crippen LogP contribution in [0.3, 0.4) is 0 Å². The van der Waals surface area contributed by atoms with Gasteiger partial charge in [0.05, 0.1) is 25.0 Å². The quantitative estimate of drug-likeness (QED) is 0.862. The van der Waals surface area contributed by atoms with Gasteiger partial charge in [-0.2, -0.15) is 0 Å². The zero-order chi connectivity index (χ0) is 15.4. The van der Waals surface area contributed by atoms with Gasteiger partial charge in [-0.15, -0.1) is 0 Å². The van der Waals surface area contributed by atoms with E-state index in [0.717, 1.165) is 0 Å². The molecule has 21 heavy (non-hydrogen) atoms. The molecule has 0 saturated carbocycles. The van der Waals surface area contributed by atoms with Crippen molar-refractivity contribution < 1.29 is 13.9 Å². The van der Waals surface area contributed by atoms with Crippen LogP contribution in [0.1, 0.15) is 0 Å². The largest absolute Gasteiger partial charge is 0.496 e. The number of nitrogens with zero attached hydrogens (tertiary/aromatic N) is 1. The van der Waals surface area contributed by atoms with E-state index in [1.807, 2.05) is 0 Å². The number of hydrogen-bond donors (Lipinski definition) is 1. The molecule has 1 aromatic carbocycles. The highest BCUT2D eigenvalue weighted by atomic mass is 32.1. The Morgan fingerprint density at radius 1 is 1.38 bits per heavy atom. The fraction of sp³-hybridized carbons (Fsp3) is 0.286. The smallest absolute Gasteiger partial charge is 0.252 e. The second kappa shape index (κ2) is 6.64. The van der Waals surface area contributed by atoms with Crippen molar-refractivity contribution in [3.63, 3.8) is 0 Å². The zero-order valence-corrected chi connectivity index (χ0v) is 12.5. The lowest BCUT2D eigenvalue weighted by Crippen LogP contribution is -2.17. The number of rotatable bonds is 5. The molecule has 1 N–H and O–H groups in total. The van der Waals surface area contributed by atoms with Crippen molar-refractivity contribution >= 4 is 12.2 Å². The van der Waals surface area contributed by atoms with Crippen molar-refractivity contribution in [2.45, 2.75) is 6.54 Å². The number of ether oxygens (including phenoxy) is 2. The monoisotopic (exact) mass is 310 g/mol. The highest BCUT2D eigenvalue weighted by molar-refractivity contribution is 7.71. The third kappa shape index (κ3) is 3.20. The Balaban J connectivity index is 2.74. The van der Waals surface area contributed by atoms with Crippen molar-refractivity contribution in [2.75, 3.05) is 20.8 Å². The van der Waals surface area contributed by atoms with Gasteiger partial charge in [-0.05, 0) is 24.4 Å². The molecule has 1 heterocycles. The molecule has 0 radical (unpaired) electrons. The maximum atomic E-state index is 14.2. The van der Waals surface area contributed by atoms with E-state index in [1.54, 1.807) is 23.8 Å². The molecule has 2 aromatic rings. The first-order chi connectivity index (χ1) is 10.1. The van der Waals surface area contributed by atoms with E-state index in [9.17, 15) is 9.18 Å². The molecule has 0 aliphatic rings. The van der Waals surface area contributed by atoms with Gasteiger partial charge in [-0.25, -0.2) is 4.39 Å². The molecule has 0 saturated heterocycles. The Kier molecular flexibility index (Phi) is 4.87. The van der Waals surface area contributed by atoms with Crippen LogP contribution in [-0.4, -0.2) is 30.4 Å². The average Bonchev–Trinajstić information content (AvgIpc) is 2.45. The number of methoxy groups -OCH3 is 2. The zero-order valence-electron chi connectivity index (χ0n) is 11.7. The van der Waals surface area contributed by atoms with Crippen LogP contribution in [0.2, 0.25) is 0 Å². The van der Waals surface area contributed by atoms with Gasteiger partial charge >= 0.3 is 0 Å². The molecular formula is C14H15FN2O3S. The fourth-order valence-corrected chi connectivity index (χ4v) is 2.35. The van der Waals surface area contributed by atoms with Crippen LogP contribution in [0, 0.1) is 10.6 Å². The predicted molar refractivity (Wildman–Crippen MR) is 79.7 cm³/mol. The lowest BCUT2D eigenvalue weighted by Gasteiger charge is -2.16. The van der Waals surface area contributed by atoms with Crippen LogP contribution in [0.4, 0.5) is 4.39 Å². The summed E-state index contributed by atoms with van der Waals surface area (Å²) < 4.78 is 26.3. The molecule has 0 aliphatic heterocycles. The molecule has 0 unspecified atom stereocenters. The van der Waals surface area contributed by atoms with Gasteiger partial charge in [-0.3, -0.25) is 9.78 Å². The summed E-state index contributed by atoms with van der Waals surface area (Å²) in [6.07, 6.45) is 0. The van der Waals surface area contributed by atoms with Crippen molar-refractivity contribution in [2.24, 2.45) is 0 Å². The van der Waals surface area contributed by atoms with Gasteiger partial charge in [0.25, 0.3) is 5.56 Å². The summed E-state index contributed by atoms with van der Waals surface area (Å²) in [5.41, 5.74) is 0.165. The third-order valence-electron chi connectivity index (χ3n) is 3.00. The summed E-state index contributed by atoms with van der Waals surface area (Å²) in [5.74, 6) is -0.151. The third-order valence-corrected chi connectivity index (χ3v) is 3.33. The number of H-pyrrole nitrogens is 1. The number of nitrogens with one attached hydrogen (secondary N) is 1. The standard InChI is InChI=1S/C14H15FN2O3S/c1-19-7-6-17-10(8-12(18)16-14(17)21)13-9(15)4-3-5-11(13)20-2/h3-5,8H,6-7H2,1-2H3,(H,16,18,21). The minimum Gasteiger partial charge on any atom is -0.496 e. The molecule has 7 heteroatoms. The number of halogens is 1. The fourth-order valence-electron chi connectivity index (χ4n) is 2.06. The molecular weight excluding hydrogens is 295 g/mol. The van der Waals surface area contributed by atoms with Gasteiger partial charge in [0.1, 0.15) is 11.6 Å². The van der Waals surface area contributed by atoms with E-state index in [0.29, 0.717) is 24.6 Å². The maximum absolute atomic E-state index is 14.2. The molecule has 112 valence electrons. The van der Waals surface area contributed by atoms with Gasteiger partial charge in [0, 0.05) is 19.7 Å². The van der Waals surface area contributed by atoms with E-state index in [-0.39, 0.29) is 10.3 Å². The number of aromatic nitrogens is 2. The summed E-state index contributed by atoms with van der Waals surface area (Å²) in [5, 5.41) is 0. The molecule has 0 fully saturated rings. The highest BCUT2D eigenvalue weighted by Gasteiger charge is 2.16. The Labute approximate surface area is 126 Å². The van der Waals surface area contributed by atoms with E-state index < -0.39 is 11.4 Å². The second-order valence-corrected chi connectivity index (χ2v) is 4.67. The van der Waals surface area contributed by atoms with E-state index in [1.165, 1.54) is 19.2 Å². The molecule has 2 rings (SSSR count). The summed E-state index contributed by atoms with van der Waals surface area (Å²) >= 11 is 5.15. The molecule has 0 aliphatic carbocycles. The Morgan fingerprint density at radius 3 is 2.81 bits per heavy atom. The van der Waals surface area contributed by atoms with Crippen LogP contribution in [-0.2, 0) is 11.3 Å². The first kappa shape index (κ1) is 15.4. The molecule has 0 amide bonds. The molecule has 5 nitrogen and oxygen atoms in total. The van der Waals surface area contributed by atoms with Crippen LogP contribution in [0.15, 0.2) is 29.1 Å². The highest BCUT2D eigenvalue weighted by Crippen LogP contribution is 2.31. The van der Waals surface area contributed by atoms with E-state index >= 15 is 0 Å². The molecule has 0 bridgehead atoms. The number of hydrogen-bond acceptors (Lipinski definition) is 4. The SMILES string of the molecule is COCCn1c(-c2c(F)cccc2OC)cc(=O)[nH]c1=S. The normalized spacial score (nSPS) is 10.6. The van der Waals surface area contributed by atoms with Gasteiger partial charge in [0.15, 0.2) is 4.77 Å². The van der Waals surface area contributed by atoms with Gasteiger partial charge in [0.2, 0.25) is 0 Å². The van der Waals surface area contributed by atoms with Crippen LogP contribution in [0.5, 0.6) is 5.75 Å². The summed E-state index contributed by atoms with van der Waals surface area (Å²) in [6, 6.07) is 5.78. The molecule has 1 aromatic heterocycles. The Bertz CT molecular complexity index is 755. The summed E-state index contributed by atoms with van der Waals surface area (Å²) in [6.45, 7) is 0.767. The van der Waals surface area contributed by atoms with Gasteiger partial charge in [-0.1, -0.05) is 6.07 Å². The minimum absolute atomic E-state index is 0.202. The first-order valence-electron chi connectivity index (χ1n) is 6.24.